The van der Waals surface area contributed by atoms with Crippen LogP contribution in [0.5, 0.6) is 0 Å². The van der Waals surface area contributed by atoms with E-state index in [4.69, 9.17) is 0 Å². The highest BCUT2D eigenvalue weighted by molar-refractivity contribution is 5.34. The van der Waals surface area contributed by atoms with E-state index in [0.29, 0.717) is 13.0 Å². The van der Waals surface area contributed by atoms with E-state index in [9.17, 15) is 15.2 Å². The van der Waals surface area contributed by atoms with Crippen LogP contribution in [0.1, 0.15) is 18.1 Å². The molecule has 2 aromatic rings. The summed E-state index contributed by atoms with van der Waals surface area (Å²) in [5.74, 6) is 0. The van der Waals surface area contributed by atoms with E-state index in [1.54, 1.807) is 12.1 Å². The molecule has 0 aromatic heterocycles. The Labute approximate surface area is 129 Å². The van der Waals surface area contributed by atoms with Gasteiger partial charge in [-0.15, -0.1) is 0 Å². The van der Waals surface area contributed by atoms with Crippen molar-refractivity contribution in [3.8, 4) is 0 Å². The average molecular weight is 300 g/mol. The molecule has 22 heavy (non-hydrogen) atoms. The number of aliphatic hydroxyl groups excluding tert-OH is 1. The van der Waals surface area contributed by atoms with Gasteiger partial charge in [0.2, 0.25) is 0 Å². The molecule has 2 rings (SSSR count). The standard InChI is InChI=1S/C17H20N2O3/c1-13(17(20)11-14-6-3-2-4-7-14)18-12-15-8-5-9-16(10-15)19(21)22/h2-10,13,17-18,20H,11-12H2,1H3/t13-,17-/m1/s1. The lowest BCUT2D eigenvalue weighted by Crippen LogP contribution is -2.38. The van der Waals surface area contributed by atoms with Crippen molar-refractivity contribution in [2.75, 3.05) is 0 Å². The van der Waals surface area contributed by atoms with Gasteiger partial charge in [-0.2, -0.15) is 0 Å². The molecule has 0 fully saturated rings. The summed E-state index contributed by atoms with van der Waals surface area (Å²) in [6.07, 6.45) is 0.0605. The second kappa shape index (κ2) is 7.68. The topological polar surface area (TPSA) is 75.4 Å². The summed E-state index contributed by atoms with van der Waals surface area (Å²) in [5.41, 5.74) is 1.99. The molecule has 0 amide bonds. The summed E-state index contributed by atoms with van der Waals surface area (Å²) in [6, 6.07) is 16.2. The Kier molecular flexibility index (Phi) is 5.63. The van der Waals surface area contributed by atoms with Gasteiger partial charge < -0.3 is 10.4 Å². The quantitative estimate of drug-likeness (QED) is 0.609. The Balaban J connectivity index is 1.88. The first-order chi connectivity index (χ1) is 10.6. The van der Waals surface area contributed by atoms with Crippen LogP contribution in [-0.2, 0) is 13.0 Å². The fourth-order valence-electron chi connectivity index (χ4n) is 2.23. The van der Waals surface area contributed by atoms with Gasteiger partial charge in [-0.3, -0.25) is 10.1 Å². The first-order valence-electron chi connectivity index (χ1n) is 7.25. The molecule has 0 radical (unpaired) electrons. The van der Waals surface area contributed by atoms with Crippen LogP contribution in [0, 0.1) is 10.1 Å². The number of non-ortho nitro benzene ring substituents is 1. The van der Waals surface area contributed by atoms with Crippen LogP contribution < -0.4 is 5.32 Å². The smallest absolute Gasteiger partial charge is 0.269 e. The molecule has 0 heterocycles. The molecule has 5 heteroatoms. The fourth-order valence-corrected chi connectivity index (χ4v) is 2.23. The zero-order chi connectivity index (χ0) is 15.9. The van der Waals surface area contributed by atoms with Crippen LogP contribution in [0.15, 0.2) is 54.6 Å². The molecule has 0 saturated heterocycles. The van der Waals surface area contributed by atoms with Crippen LogP contribution in [0.25, 0.3) is 0 Å². The van der Waals surface area contributed by atoms with Gasteiger partial charge in [-0.25, -0.2) is 0 Å². The summed E-state index contributed by atoms with van der Waals surface area (Å²) in [7, 11) is 0. The average Bonchev–Trinajstić information content (AvgIpc) is 2.53. The zero-order valence-corrected chi connectivity index (χ0v) is 12.5. The Morgan fingerprint density at radius 1 is 1.14 bits per heavy atom. The largest absolute Gasteiger partial charge is 0.391 e. The van der Waals surface area contributed by atoms with Crippen LogP contribution in [0.2, 0.25) is 0 Å². The van der Waals surface area contributed by atoms with E-state index < -0.39 is 11.0 Å². The molecule has 116 valence electrons. The minimum atomic E-state index is -0.513. The molecule has 0 bridgehead atoms. The lowest BCUT2D eigenvalue weighted by molar-refractivity contribution is -0.384. The first-order valence-corrected chi connectivity index (χ1v) is 7.25. The van der Waals surface area contributed by atoms with Gasteiger partial charge in [-0.1, -0.05) is 42.5 Å². The van der Waals surface area contributed by atoms with E-state index in [1.165, 1.54) is 6.07 Å². The van der Waals surface area contributed by atoms with Gasteiger partial charge in [0.1, 0.15) is 0 Å². The Bertz CT molecular complexity index is 616. The van der Waals surface area contributed by atoms with Gasteiger partial charge in [0.05, 0.1) is 11.0 Å². The molecular weight excluding hydrogens is 280 g/mol. The highest BCUT2D eigenvalue weighted by Crippen LogP contribution is 2.13. The molecule has 0 spiro atoms. The summed E-state index contributed by atoms with van der Waals surface area (Å²) < 4.78 is 0. The molecule has 0 saturated carbocycles. The van der Waals surface area contributed by atoms with E-state index in [-0.39, 0.29) is 11.7 Å². The van der Waals surface area contributed by atoms with Crippen molar-refractivity contribution in [2.45, 2.75) is 32.0 Å². The van der Waals surface area contributed by atoms with Crippen molar-refractivity contribution < 1.29 is 10.0 Å². The summed E-state index contributed by atoms with van der Waals surface area (Å²) in [4.78, 5) is 10.3. The van der Waals surface area contributed by atoms with Crippen LogP contribution in [-0.4, -0.2) is 22.2 Å². The third-order valence-electron chi connectivity index (χ3n) is 3.61. The van der Waals surface area contributed by atoms with Gasteiger partial charge in [0.25, 0.3) is 5.69 Å². The molecule has 5 nitrogen and oxygen atoms in total. The highest BCUT2D eigenvalue weighted by Gasteiger charge is 2.14. The maximum absolute atomic E-state index is 10.7. The number of rotatable bonds is 7. The normalized spacial score (nSPS) is 13.5. The lowest BCUT2D eigenvalue weighted by Gasteiger charge is -2.20. The van der Waals surface area contributed by atoms with E-state index in [1.807, 2.05) is 43.3 Å². The number of nitrogens with zero attached hydrogens (tertiary/aromatic N) is 1. The summed E-state index contributed by atoms with van der Waals surface area (Å²) in [6.45, 7) is 2.39. The van der Waals surface area contributed by atoms with Gasteiger partial charge in [-0.05, 0) is 24.5 Å². The van der Waals surface area contributed by atoms with E-state index in [0.717, 1.165) is 11.1 Å². The van der Waals surface area contributed by atoms with Crippen LogP contribution in [0.4, 0.5) is 5.69 Å². The van der Waals surface area contributed by atoms with Crippen molar-refractivity contribution in [3.63, 3.8) is 0 Å². The van der Waals surface area contributed by atoms with Crippen molar-refractivity contribution in [3.05, 3.63) is 75.8 Å². The fraction of sp³-hybridized carbons (Fsp3) is 0.294. The molecule has 2 aromatic carbocycles. The number of hydrogen-bond acceptors (Lipinski definition) is 4. The van der Waals surface area contributed by atoms with Crippen LogP contribution >= 0.6 is 0 Å². The molecular formula is C17H20N2O3. The lowest BCUT2D eigenvalue weighted by atomic mass is 10.0. The molecule has 0 aliphatic heterocycles. The Hall–Kier alpha value is -2.24. The zero-order valence-electron chi connectivity index (χ0n) is 12.5. The van der Waals surface area contributed by atoms with E-state index >= 15 is 0 Å². The SMILES string of the molecule is C[C@@H](NCc1cccc([N+](=O)[O-])c1)[C@H](O)Cc1ccccc1. The van der Waals surface area contributed by atoms with E-state index in [2.05, 4.69) is 5.32 Å². The predicted molar refractivity (Wildman–Crippen MR) is 85.6 cm³/mol. The first kappa shape index (κ1) is 16.1. The number of aliphatic hydroxyl groups is 1. The summed E-state index contributed by atoms with van der Waals surface area (Å²) >= 11 is 0. The number of nitro benzene ring substituents is 1. The van der Waals surface area contributed by atoms with Crippen molar-refractivity contribution in [1.82, 2.24) is 5.32 Å². The number of nitro groups is 1. The van der Waals surface area contributed by atoms with Gasteiger partial charge >= 0.3 is 0 Å². The number of nitrogens with one attached hydrogen (secondary N) is 1. The highest BCUT2D eigenvalue weighted by atomic mass is 16.6. The third kappa shape index (κ3) is 4.65. The second-order valence-electron chi connectivity index (χ2n) is 5.35. The Morgan fingerprint density at radius 3 is 2.50 bits per heavy atom. The van der Waals surface area contributed by atoms with Crippen LogP contribution in [0.3, 0.4) is 0 Å². The molecule has 0 unspecified atom stereocenters. The molecule has 0 aliphatic carbocycles. The number of benzene rings is 2. The second-order valence-corrected chi connectivity index (χ2v) is 5.35. The molecule has 2 atom stereocenters. The van der Waals surface area contributed by atoms with Crippen molar-refractivity contribution in [1.29, 1.82) is 0 Å². The van der Waals surface area contributed by atoms with Gasteiger partial charge in [0.15, 0.2) is 0 Å². The Morgan fingerprint density at radius 2 is 1.82 bits per heavy atom. The van der Waals surface area contributed by atoms with Crippen molar-refractivity contribution >= 4 is 5.69 Å². The predicted octanol–water partition coefficient (Wildman–Crippen LogP) is 2.68. The monoisotopic (exact) mass is 300 g/mol. The molecule has 2 N–H and O–H groups in total. The summed E-state index contributed by atoms with van der Waals surface area (Å²) in [5, 5.41) is 24.2. The minimum absolute atomic E-state index is 0.0804. The maximum Gasteiger partial charge on any atom is 0.269 e. The van der Waals surface area contributed by atoms with Gasteiger partial charge in [0, 0.05) is 24.7 Å². The number of hydrogen-bond donors (Lipinski definition) is 2. The minimum Gasteiger partial charge on any atom is -0.391 e. The molecule has 0 aliphatic rings. The van der Waals surface area contributed by atoms with Crippen molar-refractivity contribution in [2.24, 2.45) is 0 Å². The maximum atomic E-state index is 10.7. The third-order valence-corrected chi connectivity index (χ3v) is 3.61.